The minimum Gasteiger partial charge on any atom is -0.481 e. The fourth-order valence-corrected chi connectivity index (χ4v) is 1.62. The first-order valence-corrected chi connectivity index (χ1v) is 5.70. The third-order valence-corrected chi connectivity index (χ3v) is 2.34. The number of aliphatic carboxylic acids is 1. The Morgan fingerprint density at radius 2 is 2.18 bits per heavy atom. The molecule has 5 heteroatoms. The average Bonchev–Trinajstić information content (AvgIpc) is 2.31. The van der Waals surface area contributed by atoms with Gasteiger partial charge in [0.2, 0.25) is 0 Å². The molecular formula is C12H19N3O2. The van der Waals surface area contributed by atoms with E-state index in [0.717, 1.165) is 39.6 Å². The van der Waals surface area contributed by atoms with Gasteiger partial charge in [-0.2, -0.15) is 0 Å². The Hall–Kier alpha value is -1.46. The van der Waals surface area contributed by atoms with Gasteiger partial charge >= 0.3 is 0 Å². The Kier molecular flexibility index (Phi) is 6.21. The molecule has 94 valence electrons. The minimum atomic E-state index is -0.833. The molecule has 0 saturated carbocycles. The van der Waals surface area contributed by atoms with Gasteiger partial charge in [-0.1, -0.05) is 6.07 Å². The van der Waals surface area contributed by atoms with Crippen LogP contribution < -0.4 is 5.32 Å². The summed E-state index contributed by atoms with van der Waals surface area (Å²) in [7, 11) is 0. The van der Waals surface area contributed by atoms with Crippen LogP contribution in [0.3, 0.4) is 0 Å². The van der Waals surface area contributed by atoms with E-state index in [1.807, 2.05) is 18.5 Å². The number of hydrogen-bond acceptors (Lipinski definition) is 4. The third kappa shape index (κ3) is 6.65. The number of carbonyl (C=O) groups is 1. The lowest BCUT2D eigenvalue weighted by molar-refractivity contribution is -0.134. The standard InChI is InChI=1S/C10H15N3.C2H4O2/c1-2-10(8-12-3-1)9-13-6-4-11-5-7-13;1-2(3)4/h1-3,8,11H,4-7,9H2;1H3,(H,3,4). The van der Waals surface area contributed by atoms with Gasteiger partial charge in [-0.05, 0) is 11.6 Å². The smallest absolute Gasteiger partial charge is 0.300 e. The van der Waals surface area contributed by atoms with E-state index in [1.165, 1.54) is 5.56 Å². The number of aromatic nitrogens is 1. The number of nitrogens with zero attached hydrogens (tertiary/aromatic N) is 2. The molecule has 0 atom stereocenters. The number of rotatable bonds is 2. The molecule has 5 nitrogen and oxygen atoms in total. The molecule has 1 aromatic heterocycles. The number of piperazine rings is 1. The van der Waals surface area contributed by atoms with Gasteiger partial charge < -0.3 is 10.4 Å². The van der Waals surface area contributed by atoms with Crippen molar-refractivity contribution in [2.45, 2.75) is 13.5 Å². The lowest BCUT2D eigenvalue weighted by Crippen LogP contribution is -2.42. The van der Waals surface area contributed by atoms with Crippen molar-refractivity contribution in [2.75, 3.05) is 26.2 Å². The van der Waals surface area contributed by atoms with Crippen molar-refractivity contribution in [3.63, 3.8) is 0 Å². The zero-order valence-electron chi connectivity index (χ0n) is 10.1. The molecule has 1 fully saturated rings. The Labute approximate surface area is 101 Å². The van der Waals surface area contributed by atoms with E-state index in [2.05, 4.69) is 21.3 Å². The van der Waals surface area contributed by atoms with Gasteiger partial charge in [0.15, 0.2) is 0 Å². The van der Waals surface area contributed by atoms with Crippen molar-refractivity contribution >= 4 is 5.97 Å². The maximum atomic E-state index is 9.00. The second kappa shape index (κ2) is 7.76. The monoisotopic (exact) mass is 237 g/mol. The van der Waals surface area contributed by atoms with Gasteiger partial charge in [0.05, 0.1) is 0 Å². The van der Waals surface area contributed by atoms with Crippen LogP contribution in [0.2, 0.25) is 0 Å². The molecule has 17 heavy (non-hydrogen) atoms. The Balaban J connectivity index is 0.000000317. The molecule has 1 aliphatic rings. The second-order valence-electron chi connectivity index (χ2n) is 3.91. The van der Waals surface area contributed by atoms with Crippen LogP contribution in [0, 0.1) is 0 Å². The van der Waals surface area contributed by atoms with Crippen molar-refractivity contribution in [1.82, 2.24) is 15.2 Å². The van der Waals surface area contributed by atoms with Crippen LogP contribution in [-0.2, 0) is 11.3 Å². The molecule has 2 rings (SSSR count). The van der Waals surface area contributed by atoms with Gasteiger partial charge in [-0.15, -0.1) is 0 Å². The number of carboxylic acid groups (broad SMARTS) is 1. The summed E-state index contributed by atoms with van der Waals surface area (Å²) in [4.78, 5) is 15.6. The van der Waals surface area contributed by atoms with Crippen molar-refractivity contribution in [2.24, 2.45) is 0 Å². The Bertz CT molecular complexity index is 320. The van der Waals surface area contributed by atoms with E-state index in [1.54, 1.807) is 0 Å². The van der Waals surface area contributed by atoms with Crippen LogP contribution in [-0.4, -0.2) is 47.1 Å². The highest BCUT2D eigenvalue weighted by Gasteiger charge is 2.08. The molecular weight excluding hydrogens is 218 g/mol. The van der Waals surface area contributed by atoms with Crippen molar-refractivity contribution in [1.29, 1.82) is 0 Å². The summed E-state index contributed by atoms with van der Waals surface area (Å²) < 4.78 is 0. The SMILES string of the molecule is CC(=O)O.c1cncc(CN2CCNCC2)c1. The quantitative estimate of drug-likeness (QED) is 0.787. The van der Waals surface area contributed by atoms with Crippen LogP contribution in [0.15, 0.2) is 24.5 Å². The molecule has 0 radical (unpaired) electrons. The first-order valence-electron chi connectivity index (χ1n) is 5.70. The maximum absolute atomic E-state index is 9.00. The van der Waals surface area contributed by atoms with Crippen LogP contribution in [0.25, 0.3) is 0 Å². The number of hydrogen-bond donors (Lipinski definition) is 2. The maximum Gasteiger partial charge on any atom is 0.300 e. The normalized spacial score (nSPS) is 15.8. The van der Waals surface area contributed by atoms with E-state index < -0.39 is 5.97 Å². The molecule has 1 aromatic rings. The minimum absolute atomic E-state index is 0.833. The van der Waals surface area contributed by atoms with E-state index in [0.29, 0.717) is 0 Å². The van der Waals surface area contributed by atoms with E-state index >= 15 is 0 Å². The highest BCUT2D eigenvalue weighted by atomic mass is 16.4. The summed E-state index contributed by atoms with van der Waals surface area (Å²) >= 11 is 0. The molecule has 0 aromatic carbocycles. The van der Waals surface area contributed by atoms with E-state index in [4.69, 9.17) is 9.90 Å². The highest BCUT2D eigenvalue weighted by Crippen LogP contribution is 2.02. The molecule has 0 bridgehead atoms. The summed E-state index contributed by atoms with van der Waals surface area (Å²) in [5.41, 5.74) is 1.31. The van der Waals surface area contributed by atoms with Crippen molar-refractivity contribution in [3.05, 3.63) is 30.1 Å². The molecule has 2 heterocycles. The first-order chi connectivity index (χ1) is 8.18. The summed E-state index contributed by atoms with van der Waals surface area (Å²) in [6.45, 7) is 6.64. The molecule has 2 N–H and O–H groups in total. The van der Waals surface area contributed by atoms with Crippen LogP contribution >= 0.6 is 0 Å². The number of pyridine rings is 1. The molecule has 0 aliphatic carbocycles. The number of nitrogens with one attached hydrogen (secondary N) is 1. The predicted octanol–water partition coefficient (Wildman–Crippen LogP) is 0.578. The van der Waals surface area contributed by atoms with Gasteiger partial charge in [-0.25, -0.2) is 0 Å². The molecule has 1 saturated heterocycles. The summed E-state index contributed by atoms with van der Waals surface area (Å²) in [6, 6.07) is 4.13. The van der Waals surface area contributed by atoms with Gasteiger partial charge in [0.25, 0.3) is 5.97 Å². The third-order valence-electron chi connectivity index (χ3n) is 2.34. The molecule has 0 spiro atoms. The largest absolute Gasteiger partial charge is 0.481 e. The molecule has 0 unspecified atom stereocenters. The zero-order chi connectivity index (χ0) is 12.5. The van der Waals surface area contributed by atoms with Crippen LogP contribution in [0.4, 0.5) is 0 Å². The molecule has 1 aliphatic heterocycles. The van der Waals surface area contributed by atoms with Crippen LogP contribution in [0.1, 0.15) is 12.5 Å². The zero-order valence-corrected chi connectivity index (χ0v) is 10.1. The summed E-state index contributed by atoms with van der Waals surface area (Å²) in [5.74, 6) is -0.833. The van der Waals surface area contributed by atoms with Gasteiger partial charge in [0, 0.05) is 52.0 Å². The van der Waals surface area contributed by atoms with Gasteiger partial charge in [0.1, 0.15) is 0 Å². The highest BCUT2D eigenvalue weighted by molar-refractivity contribution is 5.62. The Morgan fingerprint density at radius 3 is 2.71 bits per heavy atom. The average molecular weight is 237 g/mol. The number of carboxylic acids is 1. The van der Waals surface area contributed by atoms with E-state index in [-0.39, 0.29) is 0 Å². The van der Waals surface area contributed by atoms with Crippen molar-refractivity contribution < 1.29 is 9.90 Å². The lowest BCUT2D eigenvalue weighted by Gasteiger charge is -2.26. The second-order valence-corrected chi connectivity index (χ2v) is 3.91. The lowest BCUT2D eigenvalue weighted by atomic mass is 10.2. The van der Waals surface area contributed by atoms with Crippen molar-refractivity contribution in [3.8, 4) is 0 Å². The topological polar surface area (TPSA) is 65.5 Å². The predicted molar refractivity (Wildman–Crippen MR) is 65.7 cm³/mol. The summed E-state index contributed by atoms with van der Waals surface area (Å²) in [6.07, 6.45) is 3.77. The van der Waals surface area contributed by atoms with Gasteiger partial charge in [-0.3, -0.25) is 14.7 Å². The fraction of sp³-hybridized carbons (Fsp3) is 0.500. The Morgan fingerprint density at radius 1 is 1.53 bits per heavy atom. The first kappa shape index (κ1) is 13.6. The van der Waals surface area contributed by atoms with Crippen LogP contribution in [0.5, 0.6) is 0 Å². The fourth-order valence-electron chi connectivity index (χ4n) is 1.62. The summed E-state index contributed by atoms with van der Waals surface area (Å²) in [5, 5.41) is 10.8. The molecule has 0 amide bonds. The van der Waals surface area contributed by atoms with E-state index in [9.17, 15) is 0 Å².